The van der Waals surface area contributed by atoms with E-state index in [1.54, 1.807) is 29.6 Å². The van der Waals surface area contributed by atoms with Crippen molar-refractivity contribution in [2.75, 3.05) is 4.90 Å². The fourth-order valence-corrected chi connectivity index (χ4v) is 3.12. The predicted molar refractivity (Wildman–Crippen MR) is 91.9 cm³/mol. The zero-order valence-electron chi connectivity index (χ0n) is 13.1. The molecule has 1 aromatic heterocycles. The smallest absolute Gasteiger partial charge is 0.278 e. The van der Waals surface area contributed by atoms with Crippen molar-refractivity contribution < 1.29 is 18.0 Å². The van der Waals surface area contributed by atoms with Gasteiger partial charge in [-0.25, -0.2) is 4.98 Å². The van der Waals surface area contributed by atoms with Crippen molar-refractivity contribution in [1.82, 2.24) is 4.98 Å². The number of rotatable bonds is 4. The number of alkyl halides is 3. The third kappa shape index (κ3) is 3.58. The van der Waals surface area contributed by atoms with Gasteiger partial charge in [0.15, 0.2) is 5.13 Å². The Morgan fingerprint density at radius 2 is 1.92 bits per heavy atom. The van der Waals surface area contributed by atoms with E-state index in [2.05, 4.69) is 4.98 Å². The minimum atomic E-state index is -4.50. The lowest BCUT2D eigenvalue weighted by Crippen LogP contribution is -2.15. The Kier molecular flexibility index (Phi) is 4.73. The number of nitriles is 1. The molecular weight excluding hydrogens is 363 g/mol. The van der Waals surface area contributed by atoms with Gasteiger partial charge in [-0.3, -0.25) is 9.69 Å². The van der Waals surface area contributed by atoms with Crippen LogP contribution >= 0.6 is 11.3 Å². The van der Waals surface area contributed by atoms with Crippen molar-refractivity contribution in [2.24, 2.45) is 0 Å². The summed E-state index contributed by atoms with van der Waals surface area (Å²) < 4.78 is 38.7. The lowest BCUT2D eigenvalue weighted by molar-refractivity contribution is -0.137. The van der Waals surface area contributed by atoms with Crippen LogP contribution in [0.15, 0.2) is 53.9 Å². The van der Waals surface area contributed by atoms with Gasteiger partial charge >= 0.3 is 6.18 Å². The summed E-state index contributed by atoms with van der Waals surface area (Å²) in [7, 11) is 0. The zero-order valence-corrected chi connectivity index (χ0v) is 13.9. The summed E-state index contributed by atoms with van der Waals surface area (Å²) >= 11 is 1.12. The fourth-order valence-electron chi connectivity index (χ4n) is 2.30. The second kappa shape index (κ2) is 6.98. The number of hydrogen-bond donors (Lipinski definition) is 0. The number of hydrogen-bond acceptors (Lipinski definition) is 4. The molecule has 0 saturated heterocycles. The third-order valence-electron chi connectivity index (χ3n) is 3.54. The molecule has 1 amide bonds. The molecule has 0 aliphatic heterocycles. The van der Waals surface area contributed by atoms with Gasteiger partial charge in [0.1, 0.15) is 0 Å². The van der Waals surface area contributed by atoms with Gasteiger partial charge in [0, 0.05) is 10.9 Å². The van der Waals surface area contributed by atoms with E-state index in [9.17, 15) is 18.0 Å². The maximum Gasteiger partial charge on any atom is 0.416 e. The number of carbonyl (C=O) groups is 1. The largest absolute Gasteiger partial charge is 0.416 e. The highest BCUT2D eigenvalue weighted by atomic mass is 32.1. The third-order valence-corrected chi connectivity index (χ3v) is 4.38. The monoisotopic (exact) mass is 373 g/mol. The summed E-state index contributed by atoms with van der Waals surface area (Å²) in [5.41, 5.74) is 0.895. The first-order valence-corrected chi connectivity index (χ1v) is 8.18. The molecule has 0 N–H and O–H groups in total. The maximum absolute atomic E-state index is 12.9. The fraction of sp³-hybridized carbons (Fsp3) is 0.0556. The number of aromatic nitrogens is 1. The first-order chi connectivity index (χ1) is 12.4. The zero-order chi connectivity index (χ0) is 18.7. The number of halogens is 3. The van der Waals surface area contributed by atoms with Crippen molar-refractivity contribution in [3.05, 3.63) is 65.0 Å². The summed E-state index contributed by atoms with van der Waals surface area (Å²) in [6.07, 6.45) is -4.08. The lowest BCUT2D eigenvalue weighted by Gasteiger charge is -2.16. The summed E-state index contributed by atoms with van der Waals surface area (Å²) in [6.45, 7) is 0. The highest BCUT2D eigenvalue weighted by molar-refractivity contribution is 7.14. The second-order valence-corrected chi connectivity index (χ2v) is 6.07. The molecule has 2 aromatic carbocycles. The molecule has 0 spiro atoms. The van der Waals surface area contributed by atoms with Crippen LogP contribution in [0.1, 0.15) is 11.1 Å². The number of anilines is 2. The molecule has 0 saturated carbocycles. The molecule has 0 bridgehead atoms. The van der Waals surface area contributed by atoms with E-state index in [1.807, 2.05) is 6.07 Å². The van der Waals surface area contributed by atoms with Gasteiger partial charge in [-0.1, -0.05) is 18.2 Å². The minimum Gasteiger partial charge on any atom is -0.278 e. The van der Waals surface area contributed by atoms with Crippen LogP contribution in [-0.4, -0.2) is 11.4 Å². The van der Waals surface area contributed by atoms with Gasteiger partial charge in [0.2, 0.25) is 6.41 Å². The average Bonchev–Trinajstić information content (AvgIpc) is 3.12. The van der Waals surface area contributed by atoms with Crippen LogP contribution in [0.25, 0.3) is 11.3 Å². The van der Waals surface area contributed by atoms with Crippen LogP contribution in [-0.2, 0) is 11.0 Å². The van der Waals surface area contributed by atoms with E-state index >= 15 is 0 Å². The topological polar surface area (TPSA) is 57.0 Å². The Morgan fingerprint density at radius 3 is 2.62 bits per heavy atom. The highest BCUT2D eigenvalue weighted by Gasteiger charge is 2.31. The SMILES string of the molecule is N#Cc1cccc(-c2csc(N(C=O)c3cccc(C(F)(F)F)c3)n2)c1. The average molecular weight is 373 g/mol. The van der Waals surface area contributed by atoms with Crippen molar-refractivity contribution in [2.45, 2.75) is 6.18 Å². The molecule has 0 aliphatic rings. The molecule has 0 atom stereocenters. The van der Waals surface area contributed by atoms with Crippen molar-refractivity contribution in [3.63, 3.8) is 0 Å². The molecule has 130 valence electrons. The number of amides is 1. The molecule has 1 heterocycles. The van der Waals surface area contributed by atoms with Crippen molar-refractivity contribution in [1.29, 1.82) is 5.26 Å². The summed E-state index contributed by atoms with van der Waals surface area (Å²) in [5.74, 6) is 0. The normalized spacial score (nSPS) is 11.0. The Labute approximate surface area is 150 Å². The minimum absolute atomic E-state index is 0.0708. The van der Waals surface area contributed by atoms with E-state index in [0.29, 0.717) is 23.2 Å². The number of thiazole rings is 1. The first kappa shape index (κ1) is 17.6. The molecule has 3 rings (SSSR count). The van der Waals surface area contributed by atoms with Gasteiger partial charge in [0.25, 0.3) is 0 Å². The quantitative estimate of drug-likeness (QED) is 0.605. The lowest BCUT2D eigenvalue weighted by atomic mass is 10.1. The van der Waals surface area contributed by atoms with E-state index in [0.717, 1.165) is 28.4 Å². The van der Waals surface area contributed by atoms with E-state index < -0.39 is 11.7 Å². The van der Waals surface area contributed by atoms with E-state index in [-0.39, 0.29) is 10.8 Å². The molecule has 0 fully saturated rings. The predicted octanol–water partition coefficient (Wildman–Crippen LogP) is 5.00. The molecule has 26 heavy (non-hydrogen) atoms. The summed E-state index contributed by atoms with van der Waals surface area (Å²) in [4.78, 5) is 16.9. The standard InChI is InChI=1S/C18H10F3N3OS/c19-18(20,21)14-5-2-6-15(8-14)24(11-25)17-23-16(10-26-17)13-4-1-3-12(7-13)9-22/h1-8,10-11H. The van der Waals surface area contributed by atoms with Crippen LogP contribution in [0.5, 0.6) is 0 Å². The van der Waals surface area contributed by atoms with Crippen molar-refractivity contribution >= 4 is 28.6 Å². The summed E-state index contributed by atoms with van der Waals surface area (Å²) in [5, 5.41) is 10.9. The van der Waals surface area contributed by atoms with Crippen LogP contribution in [0, 0.1) is 11.3 Å². The van der Waals surface area contributed by atoms with Gasteiger partial charge in [-0.15, -0.1) is 11.3 Å². The number of carbonyl (C=O) groups excluding carboxylic acids is 1. The first-order valence-electron chi connectivity index (χ1n) is 7.30. The molecule has 8 heteroatoms. The second-order valence-electron chi connectivity index (χ2n) is 5.23. The van der Waals surface area contributed by atoms with Crippen LogP contribution < -0.4 is 4.90 Å². The van der Waals surface area contributed by atoms with Gasteiger partial charge in [-0.05, 0) is 30.3 Å². The van der Waals surface area contributed by atoms with Crippen LogP contribution in [0.3, 0.4) is 0 Å². The molecule has 0 unspecified atom stereocenters. The van der Waals surface area contributed by atoms with Gasteiger partial charge < -0.3 is 0 Å². The van der Waals surface area contributed by atoms with Crippen LogP contribution in [0.4, 0.5) is 24.0 Å². The van der Waals surface area contributed by atoms with E-state index in [4.69, 9.17) is 5.26 Å². The molecule has 0 radical (unpaired) electrons. The Balaban J connectivity index is 1.97. The Bertz CT molecular complexity index is 992. The Morgan fingerprint density at radius 1 is 1.15 bits per heavy atom. The Hall–Kier alpha value is -3.18. The molecular formula is C18H10F3N3OS. The molecule has 4 nitrogen and oxygen atoms in total. The van der Waals surface area contributed by atoms with Crippen molar-refractivity contribution in [3.8, 4) is 17.3 Å². The molecule has 0 aliphatic carbocycles. The van der Waals surface area contributed by atoms with E-state index in [1.165, 1.54) is 12.1 Å². The molecule has 3 aromatic rings. The van der Waals surface area contributed by atoms with Gasteiger partial charge in [0.05, 0.1) is 28.6 Å². The maximum atomic E-state index is 12.9. The highest BCUT2D eigenvalue weighted by Crippen LogP contribution is 2.35. The summed E-state index contributed by atoms with van der Waals surface area (Å²) in [6, 6.07) is 13.3. The van der Waals surface area contributed by atoms with Crippen LogP contribution in [0.2, 0.25) is 0 Å². The van der Waals surface area contributed by atoms with Gasteiger partial charge in [-0.2, -0.15) is 18.4 Å². The number of nitrogens with zero attached hydrogens (tertiary/aromatic N) is 3. The number of benzene rings is 2.